The summed E-state index contributed by atoms with van der Waals surface area (Å²) >= 11 is 0. The van der Waals surface area contributed by atoms with E-state index in [0.717, 1.165) is 4.68 Å². The first-order valence-corrected chi connectivity index (χ1v) is 10.2. The molecule has 1 atom stereocenters. The zero-order chi connectivity index (χ0) is 23.8. The summed E-state index contributed by atoms with van der Waals surface area (Å²) < 4.78 is 38.5. The standard InChI is InChI=1S/C22H21F3N6O2/c1-13-6-20(32)31(10-13)16-7-19(14(2)26-9-16)29-21(33)18-5-3-4-17(28-18)15-8-27-30(11-15)12-22(23,24)25/h3-5,7-9,11,13H,6,10,12H2,1-2H3,(H,29,33)/t13-/m0/s1. The lowest BCUT2D eigenvalue weighted by Crippen LogP contribution is -2.25. The van der Waals surface area contributed by atoms with Crippen molar-refractivity contribution in [3.8, 4) is 11.3 Å². The van der Waals surface area contributed by atoms with Gasteiger partial charge in [-0.1, -0.05) is 13.0 Å². The van der Waals surface area contributed by atoms with E-state index < -0.39 is 18.6 Å². The number of nitrogens with one attached hydrogen (secondary N) is 1. The van der Waals surface area contributed by atoms with Gasteiger partial charge in [-0.3, -0.25) is 19.3 Å². The number of halogens is 3. The molecule has 0 radical (unpaired) electrons. The number of pyridine rings is 2. The zero-order valence-corrected chi connectivity index (χ0v) is 17.9. The average Bonchev–Trinajstić information content (AvgIpc) is 3.34. The van der Waals surface area contributed by atoms with Gasteiger partial charge in [0.2, 0.25) is 5.91 Å². The molecule has 0 aromatic carbocycles. The minimum absolute atomic E-state index is 0.00543. The predicted molar refractivity (Wildman–Crippen MR) is 115 cm³/mol. The SMILES string of the molecule is Cc1ncc(N2C[C@@H](C)CC2=O)cc1NC(=O)c1cccc(-c2cnn(CC(F)(F)F)c2)n1. The predicted octanol–water partition coefficient (Wildman–Crippen LogP) is 3.84. The lowest BCUT2D eigenvalue weighted by atomic mass is 10.2. The monoisotopic (exact) mass is 458 g/mol. The summed E-state index contributed by atoms with van der Waals surface area (Å²) in [4.78, 5) is 35.3. The van der Waals surface area contributed by atoms with Crippen LogP contribution in [0.5, 0.6) is 0 Å². The Morgan fingerprint density at radius 1 is 1.27 bits per heavy atom. The molecule has 172 valence electrons. The highest BCUT2D eigenvalue weighted by atomic mass is 19.4. The molecule has 4 heterocycles. The number of alkyl halides is 3. The summed E-state index contributed by atoms with van der Waals surface area (Å²) in [5, 5.41) is 6.47. The maximum absolute atomic E-state index is 12.8. The van der Waals surface area contributed by atoms with E-state index in [1.54, 1.807) is 36.2 Å². The van der Waals surface area contributed by atoms with Crippen molar-refractivity contribution in [1.29, 1.82) is 0 Å². The molecule has 1 N–H and O–H groups in total. The maximum Gasteiger partial charge on any atom is 0.408 e. The molecule has 33 heavy (non-hydrogen) atoms. The van der Waals surface area contributed by atoms with Crippen LogP contribution in [0.4, 0.5) is 24.5 Å². The highest BCUT2D eigenvalue weighted by Gasteiger charge is 2.29. The molecule has 1 saturated heterocycles. The number of anilines is 2. The van der Waals surface area contributed by atoms with Crippen LogP contribution in [-0.4, -0.2) is 44.3 Å². The largest absolute Gasteiger partial charge is 0.408 e. The number of aromatic nitrogens is 4. The summed E-state index contributed by atoms with van der Waals surface area (Å²) in [5.74, 6) is -0.266. The molecule has 1 fully saturated rings. The van der Waals surface area contributed by atoms with Crippen molar-refractivity contribution in [3.63, 3.8) is 0 Å². The molecule has 0 saturated carbocycles. The van der Waals surface area contributed by atoms with Crippen LogP contribution in [0.15, 0.2) is 42.9 Å². The van der Waals surface area contributed by atoms with Crippen LogP contribution in [0, 0.1) is 12.8 Å². The second-order valence-electron chi connectivity index (χ2n) is 8.04. The molecule has 0 unspecified atom stereocenters. The highest BCUT2D eigenvalue weighted by Crippen LogP contribution is 2.28. The van der Waals surface area contributed by atoms with E-state index in [-0.39, 0.29) is 17.5 Å². The third kappa shape index (κ3) is 5.18. The molecule has 3 aromatic rings. The van der Waals surface area contributed by atoms with E-state index in [4.69, 9.17) is 0 Å². The van der Waals surface area contributed by atoms with Crippen LogP contribution in [0.3, 0.4) is 0 Å². The Kier molecular flexibility index (Phi) is 5.88. The van der Waals surface area contributed by atoms with Crippen molar-refractivity contribution in [2.24, 2.45) is 5.92 Å². The van der Waals surface area contributed by atoms with Gasteiger partial charge in [0.1, 0.15) is 12.2 Å². The van der Waals surface area contributed by atoms with Gasteiger partial charge in [-0.15, -0.1) is 0 Å². The third-order valence-electron chi connectivity index (χ3n) is 5.20. The van der Waals surface area contributed by atoms with E-state index in [1.807, 2.05) is 6.92 Å². The molecule has 3 aromatic heterocycles. The summed E-state index contributed by atoms with van der Waals surface area (Å²) in [7, 11) is 0. The van der Waals surface area contributed by atoms with Crippen molar-refractivity contribution in [1.82, 2.24) is 19.7 Å². The van der Waals surface area contributed by atoms with Gasteiger partial charge < -0.3 is 10.2 Å². The van der Waals surface area contributed by atoms with E-state index in [1.165, 1.54) is 18.5 Å². The second-order valence-corrected chi connectivity index (χ2v) is 8.04. The molecule has 0 aliphatic carbocycles. The molecule has 0 spiro atoms. The van der Waals surface area contributed by atoms with E-state index in [0.29, 0.717) is 41.3 Å². The normalized spacial score (nSPS) is 16.3. The number of carbonyl (C=O) groups excluding carboxylic acids is 2. The lowest BCUT2D eigenvalue weighted by Gasteiger charge is -2.18. The Morgan fingerprint density at radius 3 is 2.76 bits per heavy atom. The Hall–Kier alpha value is -3.76. The molecule has 11 heteroatoms. The lowest BCUT2D eigenvalue weighted by molar-refractivity contribution is -0.142. The number of carbonyl (C=O) groups is 2. The van der Waals surface area contributed by atoms with Gasteiger partial charge in [-0.2, -0.15) is 18.3 Å². The Morgan fingerprint density at radius 2 is 2.06 bits per heavy atom. The van der Waals surface area contributed by atoms with Crippen LogP contribution in [0.25, 0.3) is 11.3 Å². The van der Waals surface area contributed by atoms with Gasteiger partial charge in [0.05, 0.1) is 35.2 Å². The minimum Gasteiger partial charge on any atom is -0.319 e. The number of hydrogen-bond acceptors (Lipinski definition) is 5. The van der Waals surface area contributed by atoms with Gasteiger partial charge in [-0.05, 0) is 31.0 Å². The number of amides is 2. The second kappa shape index (κ2) is 8.64. The number of hydrogen-bond donors (Lipinski definition) is 1. The molecule has 2 amide bonds. The fraction of sp³-hybridized carbons (Fsp3) is 0.318. The van der Waals surface area contributed by atoms with Crippen molar-refractivity contribution < 1.29 is 22.8 Å². The minimum atomic E-state index is -4.39. The van der Waals surface area contributed by atoms with E-state index in [9.17, 15) is 22.8 Å². The number of aryl methyl sites for hydroxylation is 1. The third-order valence-corrected chi connectivity index (χ3v) is 5.20. The first-order chi connectivity index (χ1) is 15.6. The Balaban J connectivity index is 1.53. The van der Waals surface area contributed by atoms with E-state index >= 15 is 0 Å². The van der Waals surface area contributed by atoms with Gasteiger partial charge in [-0.25, -0.2) is 4.98 Å². The van der Waals surface area contributed by atoms with Crippen molar-refractivity contribution in [2.45, 2.75) is 33.0 Å². The Labute approximate surface area is 187 Å². The van der Waals surface area contributed by atoms with Crippen molar-refractivity contribution >= 4 is 23.2 Å². The van der Waals surface area contributed by atoms with Gasteiger partial charge >= 0.3 is 6.18 Å². The topological polar surface area (TPSA) is 93.0 Å². The Bertz CT molecular complexity index is 1210. The zero-order valence-electron chi connectivity index (χ0n) is 17.9. The molecule has 1 aliphatic heterocycles. The molecule has 0 bridgehead atoms. The first kappa shape index (κ1) is 22.4. The highest BCUT2D eigenvalue weighted by molar-refractivity contribution is 6.04. The summed E-state index contributed by atoms with van der Waals surface area (Å²) in [6.45, 7) is 3.09. The smallest absolute Gasteiger partial charge is 0.319 e. The molecule has 1 aliphatic rings. The molecular weight excluding hydrogens is 437 g/mol. The van der Waals surface area contributed by atoms with Crippen molar-refractivity contribution in [3.05, 3.63) is 54.2 Å². The summed E-state index contributed by atoms with van der Waals surface area (Å²) in [5.41, 5.74) is 2.36. The fourth-order valence-corrected chi connectivity index (χ4v) is 3.61. The summed E-state index contributed by atoms with van der Waals surface area (Å²) in [6, 6.07) is 6.36. The van der Waals surface area contributed by atoms with Crippen LogP contribution in [0.2, 0.25) is 0 Å². The fourth-order valence-electron chi connectivity index (χ4n) is 3.61. The maximum atomic E-state index is 12.8. The molecular formula is C22H21F3N6O2. The van der Waals surface area contributed by atoms with Crippen molar-refractivity contribution in [2.75, 3.05) is 16.8 Å². The molecule has 4 rings (SSSR count). The summed E-state index contributed by atoms with van der Waals surface area (Å²) in [6.07, 6.45) is 0.158. The number of rotatable bonds is 5. The molecule has 8 nitrogen and oxygen atoms in total. The van der Waals surface area contributed by atoms with Crippen LogP contribution < -0.4 is 10.2 Å². The van der Waals surface area contributed by atoms with Crippen LogP contribution in [-0.2, 0) is 11.3 Å². The first-order valence-electron chi connectivity index (χ1n) is 10.2. The quantitative estimate of drug-likeness (QED) is 0.627. The van der Waals surface area contributed by atoms with Crippen LogP contribution >= 0.6 is 0 Å². The van der Waals surface area contributed by atoms with E-state index in [2.05, 4.69) is 20.4 Å². The number of nitrogens with zero attached hydrogens (tertiary/aromatic N) is 5. The van der Waals surface area contributed by atoms with Gasteiger partial charge in [0, 0.05) is 24.7 Å². The average molecular weight is 458 g/mol. The van der Waals surface area contributed by atoms with Gasteiger partial charge in [0.25, 0.3) is 5.91 Å². The van der Waals surface area contributed by atoms with Gasteiger partial charge in [0.15, 0.2) is 0 Å². The van der Waals surface area contributed by atoms with Crippen LogP contribution in [0.1, 0.15) is 29.5 Å².